The molecule has 110 valence electrons. The molecule has 1 aromatic heterocycles. The maximum atomic E-state index is 11.7. The Morgan fingerprint density at radius 3 is 2.71 bits per heavy atom. The van der Waals surface area contributed by atoms with Crippen molar-refractivity contribution in [1.29, 1.82) is 0 Å². The van der Waals surface area contributed by atoms with Crippen molar-refractivity contribution in [2.24, 2.45) is 10.9 Å². The van der Waals surface area contributed by atoms with E-state index in [0.29, 0.717) is 6.42 Å². The Balaban J connectivity index is 1.87. The van der Waals surface area contributed by atoms with Crippen molar-refractivity contribution in [1.82, 2.24) is 15.3 Å². The highest BCUT2D eigenvalue weighted by molar-refractivity contribution is 8.14. The van der Waals surface area contributed by atoms with Crippen LogP contribution in [-0.2, 0) is 14.4 Å². The Morgan fingerprint density at radius 1 is 1.38 bits per heavy atom. The van der Waals surface area contributed by atoms with E-state index in [1.807, 2.05) is 0 Å². The molecule has 2 rings (SSSR count). The molecule has 0 aromatic carbocycles. The topological polar surface area (TPSA) is 113 Å². The molecule has 0 bridgehead atoms. The number of hydrogen-bond acceptors (Lipinski definition) is 6. The molecule has 0 saturated heterocycles. The number of carbonyl (C=O) groups excluding carboxylic acids is 3. The van der Waals surface area contributed by atoms with Crippen LogP contribution in [0.5, 0.6) is 0 Å². The van der Waals surface area contributed by atoms with Crippen molar-refractivity contribution >= 4 is 40.6 Å². The van der Waals surface area contributed by atoms with E-state index in [9.17, 15) is 14.4 Å². The smallest absolute Gasteiger partial charge is 0.260 e. The summed E-state index contributed by atoms with van der Waals surface area (Å²) in [5, 5.41) is 5.14. The summed E-state index contributed by atoms with van der Waals surface area (Å²) in [4.78, 5) is 46.4. The van der Waals surface area contributed by atoms with Gasteiger partial charge in [-0.2, -0.15) is 4.99 Å². The van der Waals surface area contributed by atoms with Crippen LogP contribution >= 0.6 is 11.8 Å². The van der Waals surface area contributed by atoms with E-state index in [4.69, 9.17) is 0 Å². The largest absolute Gasteiger partial charge is 0.304 e. The quantitative estimate of drug-likeness (QED) is 0.767. The van der Waals surface area contributed by atoms with Gasteiger partial charge in [0.25, 0.3) is 5.91 Å². The van der Waals surface area contributed by atoms with E-state index in [0.717, 1.165) is 11.8 Å². The lowest BCUT2D eigenvalue weighted by molar-refractivity contribution is -0.133. The summed E-state index contributed by atoms with van der Waals surface area (Å²) in [5.41, 5.74) is 0. The zero-order valence-corrected chi connectivity index (χ0v) is 12.0. The predicted molar refractivity (Wildman–Crippen MR) is 77.5 cm³/mol. The molecule has 1 aromatic rings. The van der Waals surface area contributed by atoms with Gasteiger partial charge in [0.1, 0.15) is 5.92 Å². The number of hydrogen-bond donors (Lipinski definition) is 2. The number of aliphatic imine (C=N–C) groups is 1. The number of thioether (sulfide) groups is 1. The number of aromatic nitrogens is 2. The third kappa shape index (κ3) is 4.09. The van der Waals surface area contributed by atoms with Crippen LogP contribution in [0.1, 0.15) is 13.3 Å². The molecular weight excluding hydrogens is 294 g/mol. The maximum Gasteiger partial charge on any atom is 0.260 e. The molecule has 1 aliphatic heterocycles. The first-order valence-corrected chi connectivity index (χ1v) is 7.21. The number of carbonyl (C=O) groups is 3. The second-order valence-corrected chi connectivity index (χ2v) is 5.08. The molecule has 0 aliphatic carbocycles. The van der Waals surface area contributed by atoms with Gasteiger partial charge in [-0.1, -0.05) is 18.7 Å². The summed E-state index contributed by atoms with van der Waals surface area (Å²) in [7, 11) is 0. The first kappa shape index (κ1) is 15.1. The summed E-state index contributed by atoms with van der Waals surface area (Å²) in [6.45, 7) is 1.74. The van der Waals surface area contributed by atoms with Gasteiger partial charge < -0.3 is 5.32 Å². The second-order valence-electron chi connectivity index (χ2n) is 4.11. The fourth-order valence-electron chi connectivity index (χ4n) is 1.60. The highest BCUT2D eigenvalue weighted by Gasteiger charge is 2.30. The van der Waals surface area contributed by atoms with Crippen molar-refractivity contribution < 1.29 is 14.4 Å². The Bertz CT molecular complexity index is 590. The second kappa shape index (κ2) is 6.93. The molecule has 0 saturated carbocycles. The Morgan fingerprint density at radius 2 is 2.10 bits per heavy atom. The Labute approximate surface area is 124 Å². The number of anilines is 1. The van der Waals surface area contributed by atoms with Crippen molar-refractivity contribution in [2.45, 2.75) is 13.3 Å². The minimum atomic E-state index is -0.735. The first-order chi connectivity index (χ1) is 10.1. The molecule has 0 fully saturated rings. The predicted octanol–water partition coefficient (Wildman–Crippen LogP) is 0.187. The minimum absolute atomic E-state index is 0.0125. The number of nitrogens with zero attached hydrogens (tertiary/aromatic N) is 3. The molecule has 2 N–H and O–H groups in total. The molecule has 3 amide bonds. The van der Waals surface area contributed by atoms with Crippen molar-refractivity contribution in [3.05, 3.63) is 18.5 Å². The molecule has 2 heterocycles. The molecule has 1 aliphatic rings. The van der Waals surface area contributed by atoms with Crippen LogP contribution < -0.4 is 10.6 Å². The highest BCUT2D eigenvalue weighted by Crippen LogP contribution is 2.14. The van der Waals surface area contributed by atoms with Gasteiger partial charge in [-0.25, -0.2) is 9.97 Å². The van der Waals surface area contributed by atoms with Crippen LogP contribution in [0, 0.1) is 5.92 Å². The van der Waals surface area contributed by atoms with Gasteiger partial charge in [-0.05, 0) is 12.5 Å². The van der Waals surface area contributed by atoms with E-state index in [1.165, 1.54) is 12.4 Å². The molecular formula is C12H13N5O3S. The third-order valence-corrected chi connectivity index (χ3v) is 3.49. The summed E-state index contributed by atoms with van der Waals surface area (Å²) < 4.78 is 0. The highest BCUT2D eigenvalue weighted by atomic mass is 32.2. The van der Waals surface area contributed by atoms with E-state index < -0.39 is 11.8 Å². The van der Waals surface area contributed by atoms with Crippen LogP contribution in [0.15, 0.2) is 23.5 Å². The average molecular weight is 307 g/mol. The summed E-state index contributed by atoms with van der Waals surface area (Å²) >= 11 is 0.974. The number of amides is 3. The van der Waals surface area contributed by atoms with Gasteiger partial charge in [0.15, 0.2) is 5.17 Å². The maximum absolute atomic E-state index is 11.7. The van der Waals surface area contributed by atoms with Crippen LogP contribution in [0.4, 0.5) is 5.95 Å². The van der Waals surface area contributed by atoms with Crippen LogP contribution in [-0.4, -0.2) is 38.6 Å². The van der Waals surface area contributed by atoms with Gasteiger partial charge in [0.05, 0.1) is 5.75 Å². The van der Waals surface area contributed by atoms with E-state index in [2.05, 4.69) is 25.6 Å². The molecule has 0 spiro atoms. The summed E-state index contributed by atoms with van der Waals surface area (Å²) in [6.07, 6.45) is 3.41. The number of nitrogens with one attached hydrogen (secondary N) is 2. The van der Waals surface area contributed by atoms with Gasteiger partial charge in [0, 0.05) is 12.4 Å². The fourth-order valence-corrected chi connectivity index (χ4v) is 2.26. The van der Waals surface area contributed by atoms with Gasteiger partial charge in [-0.15, -0.1) is 0 Å². The fraction of sp³-hybridized carbons (Fsp3) is 0.333. The van der Waals surface area contributed by atoms with Crippen LogP contribution in [0.25, 0.3) is 0 Å². The zero-order valence-electron chi connectivity index (χ0n) is 11.2. The van der Waals surface area contributed by atoms with Crippen molar-refractivity contribution in [3.63, 3.8) is 0 Å². The average Bonchev–Trinajstić information content (AvgIpc) is 2.46. The third-order valence-electron chi connectivity index (χ3n) is 2.62. The Hall–Kier alpha value is -2.29. The Kier molecular flexibility index (Phi) is 4.99. The monoisotopic (exact) mass is 307 g/mol. The molecule has 1 atom stereocenters. The summed E-state index contributed by atoms with van der Waals surface area (Å²) in [6, 6.07) is 1.63. The van der Waals surface area contributed by atoms with Gasteiger partial charge >= 0.3 is 0 Å². The summed E-state index contributed by atoms with van der Waals surface area (Å²) in [5.74, 6) is -1.77. The van der Waals surface area contributed by atoms with Crippen LogP contribution in [0.3, 0.4) is 0 Å². The van der Waals surface area contributed by atoms with Crippen molar-refractivity contribution in [2.75, 3.05) is 11.1 Å². The standard InChI is InChI=1S/C12H13N5O3S/c1-2-7-9(19)16-12(17-10(7)20)21-6-8(18)15-11-13-4-3-5-14-11/h3-5,7H,2,6H2,1H3,(H,13,14,15,18)(H,16,17,19,20). The molecule has 1 unspecified atom stereocenters. The van der Waals surface area contributed by atoms with E-state index in [1.54, 1.807) is 13.0 Å². The lowest BCUT2D eigenvalue weighted by Crippen LogP contribution is -2.42. The van der Waals surface area contributed by atoms with E-state index in [-0.39, 0.29) is 28.7 Å². The van der Waals surface area contributed by atoms with Gasteiger partial charge in [0.2, 0.25) is 17.8 Å². The molecule has 0 radical (unpaired) electrons. The van der Waals surface area contributed by atoms with Crippen molar-refractivity contribution in [3.8, 4) is 0 Å². The van der Waals surface area contributed by atoms with Crippen LogP contribution in [0.2, 0.25) is 0 Å². The molecule has 21 heavy (non-hydrogen) atoms. The lowest BCUT2D eigenvalue weighted by atomic mass is 10.0. The van der Waals surface area contributed by atoms with E-state index >= 15 is 0 Å². The minimum Gasteiger partial charge on any atom is -0.304 e. The number of rotatable bonds is 4. The van der Waals surface area contributed by atoms with Gasteiger partial charge in [-0.3, -0.25) is 19.7 Å². The molecule has 8 nitrogen and oxygen atoms in total. The normalized spacial score (nSPS) is 18.0. The zero-order chi connectivity index (χ0) is 15.2. The molecule has 9 heteroatoms. The SMILES string of the molecule is CCC1C(=O)N=C(SCC(=O)Nc2ncccn2)NC1=O. The first-order valence-electron chi connectivity index (χ1n) is 6.23. The number of amidine groups is 1. The lowest BCUT2D eigenvalue weighted by Gasteiger charge is -2.18.